The van der Waals surface area contributed by atoms with Crippen LogP contribution in [0, 0.1) is 0 Å². The van der Waals surface area contributed by atoms with Crippen molar-refractivity contribution in [3.63, 3.8) is 0 Å². The highest BCUT2D eigenvalue weighted by Crippen LogP contribution is 2.17. The molecule has 24 heavy (non-hydrogen) atoms. The molecule has 0 spiro atoms. The Morgan fingerprint density at radius 3 is 2.62 bits per heavy atom. The first-order chi connectivity index (χ1) is 11.7. The number of rotatable bonds is 4. The fourth-order valence-electron chi connectivity index (χ4n) is 2.80. The van der Waals surface area contributed by atoms with Crippen molar-refractivity contribution in [3.05, 3.63) is 77.2 Å². The van der Waals surface area contributed by atoms with Crippen LogP contribution >= 0.6 is 0 Å². The molecule has 3 heterocycles. The van der Waals surface area contributed by atoms with E-state index >= 15 is 0 Å². The topological polar surface area (TPSA) is 57.1 Å². The van der Waals surface area contributed by atoms with E-state index in [0.717, 1.165) is 17.1 Å². The van der Waals surface area contributed by atoms with Crippen LogP contribution in [-0.4, -0.2) is 23.7 Å². The number of pyridine rings is 1. The molecule has 0 aliphatic carbocycles. The van der Waals surface area contributed by atoms with Crippen LogP contribution in [0.1, 0.15) is 5.82 Å². The highest BCUT2D eigenvalue weighted by Gasteiger charge is 2.10. The Kier molecular flexibility index (Phi) is 3.49. The van der Waals surface area contributed by atoms with E-state index in [4.69, 9.17) is 4.98 Å². The molecule has 0 saturated carbocycles. The minimum atomic E-state index is -0.122. The minimum Gasteiger partial charge on any atom is -0.337 e. The molecule has 0 fully saturated rings. The molecule has 0 aliphatic heterocycles. The predicted octanol–water partition coefficient (Wildman–Crippen LogP) is 2.14. The molecular formula is C18H17N5O. The van der Waals surface area contributed by atoms with Gasteiger partial charge in [-0.05, 0) is 12.1 Å². The van der Waals surface area contributed by atoms with Crippen LogP contribution in [0.15, 0.2) is 65.7 Å². The molecule has 6 nitrogen and oxygen atoms in total. The Balaban J connectivity index is 1.59. The number of fused-ring (bicyclic) bond motifs is 1. The van der Waals surface area contributed by atoms with E-state index in [2.05, 4.69) is 5.10 Å². The van der Waals surface area contributed by atoms with Gasteiger partial charge in [0.05, 0.1) is 12.2 Å². The molecule has 4 aromatic rings. The van der Waals surface area contributed by atoms with Crippen molar-refractivity contribution in [2.45, 2.75) is 13.0 Å². The van der Waals surface area contributed by atoms with Gasteiger partial charge in [-0.15, -0.1) is 5.10 Å². The molecule has 0 amide bonds. The first-order valence-electron chi connectivity index (χ1n) is 7.84. The third-order valence-electron chi connectivity index (χ3n) is 4.08. The average Bonchev–Trinajstić information content (AvgIpc) is 3.15. The second kappa shape index (κ2) is 5.81. The van der Waals surface area contributed by atoms with Crippen molar-refractivity contribution in [3.8, 4) is 11.3 Å². The summed E-state index contributed by atoms with van der Waals surface area (Å²) in [6.07, 6.45) is 4.39. The summed E-state index contributed by atoms with van der Waals surface area (Å²) in [5, 5.41) is 4.35. The standard InChI is InChI=1S/C18H17N5O/c1-21-13-15(14-7-3-2-4-8-14)19-16(21)10-12-23-18(24)22-11-6-5-9-17(22)20-23/h2-9,11,13H,10,12H2,1H3. The van der Waals surface area contributed by atoms with Gasteiger partial charge in [0.2, 0.25) is 0 Å². The summed E-state index contributed by atoms with van der Waals surface area (Å²) < 4.78 is 5.04. The summed E-state index contributed by atoms with van der Waals surface area (Å²) in [5.41, 5.74) is 2.56. The lowest BCUT2D eigenvalue weighted by Crippen LogP contribution is -2.22. The van der Waals surface area contributed by atoms with Crippen molar-refractivity contribution in [2.75, 3.05) is 0 Å². The molecule has 0 unspecified atom stereocenters. The number of aryl methyl sites for hydroxylation is 3. The monoisotopic (exact) mass is 319 g/mol. The predicted molar refractivity (Wildman–Crippen MR) is 91.8 cm³/mol. The van der Waals surface area contributed by atoms with E-state index < -0.39 is 0 Å². The molecule has 0 radical (unpaired) electrons. The van der Waals surface area contributed by atoms with Crippen molar-refractivity contribution in [1.29, 1.82) is 0 Å². The molecule has 4 rings (SSSR count). The zero-order chi connectivity index (χ0) is 16.5. The Morgan fingerprint density at radius 2 is 1.83 bits per heavy atom. The SMILES string of the molecule is Cn1cc(-c2ccccc2)nc1CCn1nc2ccccn2c1=O. The summed E-state index contributed by atoms with van der Waals surface area (Å²) in [6.45, 7) is 0.500. The van der Waals surface area contributed by atoms with Gasteiger partial charge in [0, 0.05) is 31.4 Å². The summed E-state index contributed by atoms with van der Waals surface area (Å²) in [7, 11) is 1.97. The highest BCUT2D eigenvalue weighted by molar-refractivity contribution is 5.58. The lowest BCUT2D eigenvalue weighted by molar-refractivity contribution is 0.571. The summed E-state index contributed by atoms with van der Waals surface area (Å²) >= 11 is 0. The van der Waals surface area contributed by atoms with E-state index in [1.807, 2.05) is 66.3 Å². The van der Waals surface area contributed by atoms with Crippen LogP contribution in [0.2, 0.25) is 0 Å². The lowest BCUT2D eigenvalue weighted by atomic mass is 10.2. The van der Waals surface area contributed by atoms with Crippen molar-refractivity contribution in [1.82, 2.24) is 23.7 Å². The number of hydrogen-bond acceptors (Lipinski definition) is 3. The maximum Gasteiger partial charge on any atom is 0.350 e. The number of nitrogens with zero attached hydrogens (tertiary/aromatic N) is 5. The van der Waals surface area contributed by atoms with Gasteiger partial charge in [0.15, 0.2) is 5.65 Å². The van der Waals surface area contributed by atoms with Gasteiger partial charge < -0.3 is 4.57 Å². The Morgan fingerprint density at radius 1 is 1.04 bits per heavy atom. The van der Waals surface area contributed by atoms with Crippen LogP contribution in [0.4, 0.5) is 0 Å². The number of imidazole rings is 1. The molecule has 6 heteroatoms. The Labute approximate surface area is 138 Å². The van der Waals surface area contributed by atoms with Gasteiger partial charge in [-0.2, -0.15) is 0 Å². The third kappa shape index (κ3) is 2.52. The molecular weight excluding hydrogens is 302 g/mol. The van der Waals surface area contributed by atoms with Crippen LogP contribution in [0.5, 0.6) is 0 Å². The average molecular weight is 319 g/mol. The minimum absolute atomic E-state index is 0.122. The van der Waals surface area contributed by atoms with E-state index in [9.17, 15) is 4.79 Å². The quantitative estimate of drug-likeness (QED) is 0.579. The summed E-state index contributed by atoms with van der Waals surface area (Å²) in [6, 6.07) is 15.6. The van der Waals surface area contributed by atoms with E-state index in [1.54, 1.807) is 10.6 Å². The molecule has 120 valence electrons. The van der Waals surface area contributed by atoms with Crippen LogP contribution in [-0.2, 0) is 20.0 Å². The fourth-order valence-corrected chi connectivity index (χ4v) is 2.80. The zero-order valence-corrected chi connectivity index (χ0v) is 13.3. The molecule has 0 saturated heterocycles. The fraction of sp³-hybridized carbons (Fsp3) is 0.167. The lowest BCUT2D eigenvalue weighted by Gasteiger charge is -2.00. The molecule has 0 aliphatic rings. The van der Waals surface area contributed by atoms with Gasteiger partial charge in [-0.25, -0.2) is 14.5 Å². The van der Waals surface area contributed by atoms with Gasteiger partial charge >= 0.3 is 5.69 Å². The number of aromatic nitrogens is 5. The molecule has 0 atom stereocenters. The van der Waals surface area contributed by atoms with Gasteiger partial charge in [-0.1, -0.05) is 36.4 Å². The second-order valence-corrected chi connectivity index (χ2v) is 5.70. The number of benzene rings is 1. The normalized spacial score (nSPS) is 11.2. The zero-order valence-electron chi connectivity index (χ0n) is 13.3. The van der Waals surface area contributed by atoms with Crippen molar-refractivity contribution in [2.24, 2.45) is 7.05 Å². The maximum atomic E-state index is 12.3. The smallest absolute Gasteiger partial charge is 0.337 e. The largest absolute Gasteiger partial charge is 0.350 e. The van der Waals surface area contributed by atoms with Crippen LogP contribution in [0.3, 0.4) is 0 Å². The summed E-state index contributed by atoms with van der Waals surface area (Å²) in [4.78, 5) is 17.0. The number of hydrogen-bond donors (Lipinski definition) is 0. The van der Waals surface area contributed by atoms with Crippen molar-refractivity contribution < 1.29 is 0 Å². The van der Waals surface area contributed by atoms with E-state index in [0.29, 0.717) is 18.6 Å². The second-order valence-electron chi connectivity index (χ2n) is 5.70. The van der Waals surface area contributed by atoms with Gasteiger partial charge in [0.1, 0.15) is 5.82 Å². The van der Waals surface area contributed by atoms with Crippen LogP contribution < -0.4 is 5.69 Å². The highest BCUT2D eigenvalue weighted by atomic mass is 16.2. The molecule has 1 aromatic carbocycles. The molecule has 0 N–H and O–H groups in total. The first kappa shape index (κ1) is 14.4. The van der Waals surface area contributed by atoms with Gasteiger partial charge in [0.25, 0.3) is 0 Å². The van der Waals surface area contributed by atoms with Crippen LogP contribution in [0.25, 0.3) is 16.9 Å². The Hall–Kier alpha value is -3.15. The third-order valence-corrected chi connectivity index (χ3v) is 4.08. The summed E-state index contributed by atoms with van der Waals surface area (Å²) in [5.74, 6) is 0.929. The van der Waals surface area contributed by atoms with E-state index in [-0.39, 0.29) is 5.69 Å². The van der Waals surface area contributed by atoms with Gasteiger partial charge in [-0.3, -0.25) is 4.40 Å². The molecule has 3 aromatic heterocycles. The first-order valence-corrected chi connectivity index (χ1v) is 7.84. The molecule has 0 bridgehead atoms. The van der Waals surface area contributed by atoms with E-state index in [1.165, 1.54) is 4.68 Å². The van der Waals surface area contributed by atoms with Crippen molar-refractivity contribution >= 4 is 5.65 Å². The Bertz CT molecular complexity index is 1040. The maximum absolute atomic E-state index is 12.3.